The SMILES string of the molecule is CC(C)(C)OC(=O)C(C)(C)CC(=O)N[C@@H]1CCc2ccccc2NC1=O. The highest BCUT2D eigenvalue weighted by Crippen LogP contribution is 2.26. The number of hydrogen-bond donors (Lipinski definition) is 2. The standard InChI is InChI=1S/C20H28N2O4/c1-19(2,3)26-18(25)20(4,5)12-16(23)21-15-11-10-13-8-6-7-9-14(13)22-17(15)24/h6-9,15H,10-12H2,1-5H3,(H,21,23)(H,22,24)/t15-/m1/s1. The van der Waals surface area contributed by atoms with Crippen molar-refractivity contribution in [1.82, 2.24) is 5.32 Å². The van der Waals surface area contributed by atoms with E-state index in [2.05, 4.69) is 10.6 Å². The van der Waals surface area contributed by atoms with Crippen LogP contribution in [0.2, 0.25) is 0 Å². The number of benzene rings is 1. The summed E-state index contributed by atoms with van der Waals surface area (Å²) in [5.74, 6) is -1.01. The van der Waals surface area contributed by atoms with E-state index >= 15 is 0 Å². The van der Waals surface area contributed by atoms with Crippen LogP contribution in [-0.2, 0) is 25.5 Å². The number of amides is 2. The molecule has 0 fully saturated rings. The summed E-state index contributed by atoms with van der Waals surface area (Å²) in [4.78, 5) is 37.1. The third-order valence-electron chi connectivity index (χ3n) is 4.18. The molecule has 0 radical (unpaired) electrons. The van der Waals surface area contributed by atoms with Crippen LogP contribution in [0.5, 0.6) is 0 Å². The highest BCUT2D eigenvalue weighted by molar-refractivity contribution is 5.98. The highest BCUT2D eigenvalue weighted by atomic mass is 16.6. The van der Waals surface area contributed by atoms with Gasteiger partial charge in [0.1, 0.15) is 11.6 Å². The molecule has 6 nitrogen and oxygen atoms in total. The lowest BCUT2D eigenvalue weighted by atomic mass is 9.88. The number of nitrogens with one attached hydrogen (secondary N) is 2. The molecule has 0 bridgehead atoms. The zero-order chi connectivity index (χ0) is 19.5. The Morgan fingerprint density at radius 3 is 2.50 bits per heavy atom. The van der Waals surface area contributed by atoms with E-state index in [0.29, 0.717) is 12.8 Å². The summed E-state index contributed by atoms with van der Waals surface area (Å²) >= 11 is 0. The number of hydrogen-bond acceptors (Lipinski definition) is 4. The zero-order valence-corrected chi connectivity index (χ0v) is 16.1. The van der Waals surface area contributed by atoms with E-state index in [4.69, 9.17) is 4.74 Å². The fourth-order valence-electron chi connectivity index (χ4n) is 2.78. The smallest absolute Gasteiger partial charge is 0.312 e. The Bertz CT molecular complexity index is 704. The zero-order valence-electron chi connectivity index (χ0n) is 16.1. The quantitative estimate of drug-likeness (QED) is 0.809. The molecule has 0 aliphatic carbocycles. The van der Waals surface area contributed by atoms with Gasteiger partial charge < -0.3 is 15.4 Å². The molecule has 26 heavy (non-hydrogen) atoms. The highest BCUT2D eigenvalue weighted by Gasteiger charge is 2.36. The molecule has 0 unspecified atom stereocenters. The van der Waals surface area contributed by atoms with Gasteiger partial charge >= 0.3 is 5.97 Å². The van der Waals surface area contributed by atoms with Gasteiger partial charge in [-0.25, -0.2) is 0 Å². The van der Waals surface area contributed by atoms with E-state index in [0.717, 1.165) is 11.3 Å². The van der Waals surface area contributed by atoms with Crippen molar-refractivity contribution in [2.24, 2.45) is 5.41 Å². The van der Waals surface area contributed by atoms with Gasteiger partial charge in [-0.05, 0) is 59.1 Å². The summed E-state index contributed by atoms with van der Waals surface area (Å²) in [6.07, 6.45) is 1.16. The van der Waals surface area contributed by atoms with Crippen LogP contribution in [0.15, 0.2) is 24.3 Å². The normalized spacial score (nSPS) is 17.6. The van der Waals surface area contributed by atoms with Crippen LogP contribution in [0.1, 0.15) is 53.0 Å². The van der Waals surface area contributed by atoms with E-state index in [-0.39, 0.29) is 18.2 Å². The number of carbonyl (C=O) groups excluding carboxylic acids is 3. The first-order valence-corrected chi connectivity index (χ1v) is 8.89. The summed E-state index contributed by atoms with van der Waals surface area (Å²) < 4.78 is 5.38. The molecular weight excluding hydrogens is 332 g/mol. The summed E-state index contributed by atoms with van der Waals surface area (Å²) in [7, 11) is 0. The van der Waals surface area contributed by atoms with Gasteiger partial charge in [-0.2, -0.15) is 0 Å². The maximum absolute atomic E-state index is 12.4. The van der Waals surface area contributed by atoms with Gasteiger partial charge in [0.15, 0.2) is 0 Å². The van der Waals surface area contributed by atoms with Crippen molar-refractivity contribution in [3.8, 4) is 0 Å². The van der Waals surface area contributed by atoms with E-state index in [9.17, 15) is 14.4 Å². The molecule has 1 aliphatic rings. The first-order chi connectivity index (χ1) is 12.0. The molecule has 1 aliphatic heterocycles. The third kappa shape index (κ3) is 5.31. The number of ether oxygens (including phenoxy) is 1. The van der Waals surface area contributed by atoms with E-state index in [1.807, 2.05) is 24.3 Å². The Labute approximate surface area is 154 Å². The molecule has 1 aromatic rings. The Morgan fingerprint density at radius 2 is 1.85 bits per heavy atom. The van der Waals surface area contributed by atoms with Crippen molar-refractivity contribution in [3.63, 3.8) is 0 Å². The molecule has 1 heterocycles. The molecule has 0 aromatic heterocycles. The maximum atomic E-state index is 12.4. The number of anilines is 1. The fourth-order valence-corrected chi connectivity index (χ4v) is 2.78. The summed E-state index contributed by atoms with van der Waals surface area (Å²) in [5, 5.41) is 5.61. The maximum Gasteiger partial charge on any atom is 0.312 e. The van der Waals surface area contributed by atoms with Gasteiger partial charge in [-0.1, -0.05) is 18.2 Å². The molecular formula is C20H28N2O4. The number of para-hydroxylation sites is 1. The minimum Gasteiger partial charge on any atom is -0.460 e. The third-order valence-corrected chi connectivity index (χ3v) is 4.18. The van der Waals surface area contributed by atoms with Crippen molar-refractivity contribution in [1.29, 1.82) is 0 Å². The average Bonchev–Trinajstić information content (AvgIpc) is 2.64. The first kappa shape index (κ1) is 19.9. The van der Waals surface area contributed by atoms with E-state index in [1.54, 1.807) is 34.6 Å². The van der Waals surface area contributed by atoms with E-state index < -0.39 is 23.0 Å². The van der Waals surface area contributed by atoms with Crippen molar-refractivity contribution < 1.29 is 19.1 Å². The predicted octanol–water partition coefficient (Wildman–Crippen LogP) is 2.81. The second kappa shape index (κ2) is 7.48. The van der Waals surface area contributed by atoms with Crippen LogP contribution in [0.25, 0.3) is 0 Å². The monoisotopic (exact) mass is 360 g/mol. The lowest BCUT2D eigenvalue weighted by Gasteiger charge is -2.28. The van der Waals surface area contributed by atoms with Gasteiger partial charge in [0, 0.05) is 12.1 Å². The molecule has 2 N–H and O–H groups in total. The number of carbonyl (C=O) groups is 3. The Hall–Kier alpha value is -2.37. The summed E-state index contributed by atoms with van der Waals surface area (Å²) in [6, 6.07) is 6.98. The predicted molar refractivity (Wildman–Crippen MR) is 99.6 cm³/mol. The number of rotatable bonds is 4. The van der Waals surface area contributed by atoms with Gasteiger partial charge in [0.2, 0.25) is 11.8 Å². The van der Waals surface area contributed by atoms with Crippen LogP contribution in [0.4, 0.5) is 5.69 Å². The molecule has 0 saturated heterocycles. The van der Waals surface area contributed by atoms with Crippen molar-refractivity contribution in [3.05, 3.63) is 29.8 Å². The van der Waals surface area contributed by atoms with Crippen molar-refractivity contribution >= 4 is 23.5 Å². The summed E-state index contributed by atoms with van der Waals surface area (Å²) in [6.45, 7) is 8.70. The molecule has 1 atom stereocenters. The molecule has 1 aromatic carbocycles. The van der Waals surface area contributed by atoms with Crippen molar-refractivity contribution in [2.45, 2.75) is 65.5 Å². The fraction of sp³-hybridized carbons (Fsp3) is 0.550. The number of fused-ring (bicyclic) bond motifs is 1. The lowest BCUT2D eigenvalue weighted by molar-refractivity contribution is -0.167. The van der Waals surface area contributed by atoms with Crippen LogP contribution in [0.3, 0.4) is 0 Å². The lowest BCUT2D eigenvalue weighted by Crippen LogP contribution is -2.45. The summed E-state index contributed by atoms with van der Waals surface area (Å²) in [5.41, 5.74) is 0.245. The van der Waals surface area contributed by atoms with Gasteiger partial charge in [-0.3, -0.25) is 14.4 Å². The topological polar surface area (TPSA) is 84.5 Å². The van der Waals surface area contributed by atoms with Crippen LogP contribution >= 0.6 is 0 Å². The molecule has 2 rings (SSSR count). The second-order valence-corrected chi connectivity index (χ2v) is 8.37. The molecule has 0 spiro atoms. The van der Waals surface area contributed by atoms with Crippen LogP contribution in [0, 0.1) is 5.41 Å². The van der Waals surface area contributed by atoms with Gasteiger partial charge in [0.25, 0.3) is 0 Å². The largest absolute Gasteiger partial charge is 0.460 e. The Morgan fingerprint density at radius 1 is 1.19 bits per heavy atom. The van der Waals surface area contributed by atoms with Crippen LogP contribution in [-0.4, -0.2) is 29.4 Å². The molecule has 2 amide bonds. The molecule has 142 valence electrons. The average molecular weight is 360 g/mol. The Kier molecular flexibility index (Phi) is 5.74. The van der Waals surface area contributed by atoms with Crippen molar-refractivity contribution in [2.75, 3.05) is 5.32 Å². The first-order valence-electron chi connectivity index (χ1n) is 8.89. The molecule has 6 heteroatoms. The van der Waals surface area contributed by atoms with Crippen LogP contribution < -0.4 is 10.6 Å². The second-order valence-electron chi connectivity index (χ2n) is 8.37. The van der Waals surface area contributed by atoms with E-state index in [1.165, 1.54) is 0 Å². The van der Waals surface area contributed by atoms with Gasteiger partial charge in [0.05, 0.1) is 5.41 Å². The minimum atomic E-state index is -0.971. The number of aryl methyl sites for hydroxylation is 1. The van der Waals surface area contributed by atoms with Gasteiger partial charge in [-0.15, -0.1) is 0 Å². The minimum absolute atomic E-state index is 0.0430. The molecule has 0 saturated carbocycles. The number of esters is 1. The Balaban J connectivity index is 1.97.